The molecule has 0 saturated carbocycles. The number of nitrogens with one attached hydrogen (secondary N) is 2. The fourth-order valence-corrected chi connectivity index (χ4v) is 1.38. The molecular formula is C11H17N3OS. The number of carbonyl (C=O) groups is 1. The first-order chi connectivity index (χ1) is 7.67. The second kappa shape index (κ2) is 6.37. The number of thioether (sulfide) groups is 1. The van der Waals surface area contributed by atoms with Gasteiger partial charge < -0.3 is 10.6 Å². The molecule has 0 spiro atoms. The maximum Gasteiger partial charge on any atom is 0.251 e. The number of aromatic nitrogens is 1. The van der Waals surface area contributed by atoms with Gasteiger partial charge in [0.1, 0.15) is 5.82 Å². The molecule has 0 radical (unpaired) electrons. The van der Waals surface area contributed by atoms with E-state index in [9.17, 15) is 4.79 Å². The van der Waals surface area contributed by atoms with Crippen LogP contribution in [0.2, 0.25) is 0 Å². The predicted octanol–water partition coefficient (Wildman–Crippen LogP) is 1.60. The molecular weight excluding hydrogens is 222 g/mol. The van der Waals surface area contributed by atoms with E-state index in [1.54, 1.807) is 37.1 Å². The first kappa shape index (κ1) is 12.8. The molecule has 1 amide bonds. The molecule has 0 bridgehead atoms. The molecule has 1 atom stereocenters. The summed E-state index contributed by atoms with van der Waals surface area (Å²) in [6.45, 7) is 2.76. The molecule has 88 valence electrons. The van der Waals surface area contributed by atoms with Crippen molar-refractivity contribution < 1.29 is 4.79 Å². The van der Waals surface area contributed by atoms with Crippen LogP contribution in [0.5, 0.6) is 0 Å². The van der Waals surface area contributed by atoms with Gasteiger partial charge in [0.2, 0.25) is 0 Å². The van der Waals surface area contributed by atoms with Crippen LogP contribution in [-0.4, -0.2) is 36.0 Å². The van der Waals surface area contributed by atoms with E-state index in [1.807, 2.05) is 6.26 Å². The van der Waals surface area contributed by atoms with Crippen LogP contribution >= 0.6 is 11.8 Å². The van der Waals surface area contributed by atoms with Crippen LogP contribution < -0.4 is 10.6 Å². The highest BCUT2D eigenvalue weighted by Gasteiger charge is 2.07. The van der Waals surface area contributed by atoms with Crippen molar-refractivity contribution in [2.75, 3.05) is 25.2 Å². The van der Waals surface area contributed by atoms with Gasteiger partial charge in [0.05, 0.1) is 0 Å². The summed E-state index contributed by atoms with van der Waals surface area (Å²) in [7, 11) is 1.78. The summed E-state index contributed by atoms with van der Waals surface area (Å²) in [4.78, 5) is 15.8. The van der Waals surface area contributed by atoms with Crippen molar-refractivity contribution in [1.82, 2.24) is 10.3 Å². The Balaban J connectivity index is 2.58. The number of nitrogens with zero attached hydrogens (tertiary/aromatic N) is 1. The van der Waals surface area contributed by atoms with Crippen LogP contribution in [-0.2, 0) is 0 Å². The lowest BCUT2D eigenvalue weighted by Crippen LogP contribution is -2.29. The number of pyridine rings is 1. The highest BCUT2D eigenvalue weighted by molar-refractivity contribution is 7.99. The summed E-state index contributed by atoms with van der Waals surface area (Å²) < 4.78 is 0. The van der Waals surface area contributed by atoms with Gasteiger partial charge >= 0.3 is 0 Å². The van der Waals surface area contributed by atoms with Crippen LogP contribution in [0.1, 0.15) is 17.3 Å². The minimum Gasteiger partial charge on any atom is -0.373 e. The van der Waals surface area contributed by atoms with Gasteiger partial charge in [-0.25, -0.2) is 4.98 Å². The highest BCUT2D eigenvalue weighted by Crippen LogP contribution is 2.07. The summed E-state index contributed by atoms with van der Waals surface area (Å²) in [6.07, 6.45) is 3.65. The van der Waals surface area contributed by atoms with Gasteiger partial charge in [-0.2, -0.15) is 11.8 Å². The van der Waals surface area contributed by atoms with E-state index in [4.69, 9.17) is 0 Å². The molecule has 1 rings (SSSR count). The molecule has 0 saturated heterocycles. The quantitative estimate of drug-likeness (QED) is 0.819. The minimum absolute atomic E-state index is 0.0557. The highest BCUT2D eigenvalue weighted by atomic mass is 32.2. The summed E-state index contributed by atoms with van der Waals surface area (Å²) in [5.74, 6) is 0.644. The lowest BCUT2D eigenvalue weighted by Gasteiger charge is -2.10. The molecule has 5 heteroatoms. The second-order valence-electron chi connectivity index (χ2n) is 3.44. The van der Waals surface area contributed by atoms with E-state index >= 15 is 0 Å². The first-order valence-electron chi connectivity index (χ1n) is 5.12. The molecule has 0 aliphatic rings. The van der Waals surface area contributed by atoms with Gasteiger partial charge in [0, 0.05) is 30.6 Å². The molecule has 1 unspecified atom stereocenters. The zero-order valence-corrected chi connectivity index (χ0v) is 10.6. The van der Waals surface area contributed by atoms with Crippen molar-refractivity contribution >= 4 is 23.5 Å². The monoisotopic (exact) mass is 239 g/mol. The lowest BCUT2D eigenvalue weighted by molar-refractivity contribution is 0.0954. The van der Waals surface area contributed by atoms with Crippen LogP contribution in [0.25, 0.3) is 0 Å². The van der Waals surface area contributed by atoms with E-state index in [2.05, 4.69) is 22.5 Å². The van der Waals surface area contributed by atoms with Crippen LogP contribution in [0.15, 0.2) is 18.3 Å². The van der Waals surface area contributed by atoms with Crippen molar-refractivity contribution in [3.63, 3.8) is 0 Å². The average Bonchev–Trinajstić information content (AvgIpc) is 2.35. The van der Waals surface area contributed by atoms with Crippen LogP contribution in [0.4, 0.5) is 5.82 Å². The Bertz CT molecular complexity index is 357. The third-order valence-electron chi connectivity index (χ3n) is 2.23. The van der Waals surface area contributed by atoms with E-state index in [1.165, 1.54) is 0 Å². The number of anilines is 1. The molecule has 0 fully saturated rings. The van der Waals surface area contributed by atoms with Crippen molar-refractivity contribution in [3.8, 4) is 0 Å². The average molecular weight is 239 g/mol. The molecule has 0 aliphatic carbocycles. The molecule has 1 aromatic rings. The Kier molecular flexibility index (Phi) is 5.11. The Morgan fingerprint density at radius 3 is 3.00 bits per heavy atom. The zero-order valence-electron chi connectivity index (χ0n) is 9.78. The summed E-state index contributed by atoms with van der Waals surface area (Å²) >= 11 is 1.73. The number of rotatable bonds is 5. The summed E-state index contributed by atoms with van der Waals surface area (Å²) in [5, 5.41) is 6.21. The normalized spacial score (nSPS) is 11.9. The van der Waals surface area contributed by atoms with E-state index in [-0.39, 0.29) is 5.91 Å². The maximum atomic E-state index is 11.8. The first-order valence-corrected chi connectivity index (χ1v) is 6.41. The predicted molar refractivity (Wildman–Crippen MR) is 69.1 cm³/mol. The van der Waals surface area contributed by atoms with Gasteiger partial charge in [-0.1, -0.05) is 6.92 Å². The molecule has 1 aromatic heterocycles. The third-order valence-corrected chi connectivity index (χ3v) is 3.20. The summed E-state index contributed by atoms with van der Waals surface area (Å²) in [5.41, 5.74) is 0.632. The largest absolute Gasteiger partial charge is 0.373 e. The molecule has 2 N–H and O–H groups in total. The van der Waals surface area contributed by atoms with Crippen molar-refractivity contribution in [2.24, 2.45) is 0 Å². The lowest BCUT2D eigenvalue weighted by atomic mass is 10.2. The zero-order chi connectivity index (χ0) is 12.0. The van der Waals surface area contributed by atoms with E-state index in [0.717, 1.165) is 0 Å². The smallest absolute Gasteiger partial charge is 0.251 e. The van der Waals surface area contributed by atoms with Gasteiger partial charge in [0.25, 0.3) is 5.91 Å². The third kappa shape index (κ3) is 3.73. The Morgan fingerprint density at radius 1 is 1.62 bits per heavy atom. The van der Waals surface area contributed by atoms with Crippen molar-refractivity contribution in [1.29, 1.82) is 0 Å². The molecule has 16 heavy (non-hydrogen) atoms. The van der Waals surface area contributed by atoms with Crippen molar-refractivity contribution in [2.45, 2.75) is 12.2 Å². The fraction of sp³-hybridized carbons (Fsp3) is 0.455. The SMILES string of the molecule is CNc1cc(C(=O)NCC(C)SC)ccn1. The second-order valence-corrected chi connectivity index (χ2v) is 4.71. The summed E-state index contributed by atoms with van der Waals surface area (Å²) in [6, 6.07) is 3.44. The standard InChI is InChI=1S/C11H17N3OS/c1-8(16-3)7-14-11(15)9-4-5-13-10(6-9)12-2/h4-6,8H,7H2,1-3H3,(H,12,13)(H,14,15). The Hall–Kier alpha value is -1.23. The number of carbonyl (C=O) groups excluding carboxylic acids is 1. The van der Waals surface area contributed by atoms with Crippen molar-refractivity contribution in [3.05, 3.63) is 23.9 Å². The topological polar surface area (TPSA) is 54.0 Å². The molecule has 0 aromatic carbocycles. The molecule has 0 aliphatic heterocycles. The van der Waals surface area contributed by atoms with Crippen LogP contribution in [0.3, 0.4) is 0 Å². The van der Waals surface area contributed by atoms with Crippen LogP contribution in [0, 0.1) is 0 Å². The van der Waals surface area contributed by atoms with E-state index in [0.29, 0.717) is 23.2 Å². The molecule has 1 heterocycles. The van der Waals surface area contributed by atoms with Gasteiger partial charge in [-0.15, -0.1) is 0 Å². The molecule has 4 nitrogen and oxygen atoms in total. The Morgan fingerprint density at radius 2 is 2.38 bits per heavy atom. The minimum atomic E-state index is -0.0557. The fourth-order valence-electron chi connectivity index (χ4n) is 1.13. The van der Waals surface area contributed by atoms with Gasteiger partial charge in [0.15, 0.2) is 0 Å². The van der Waals surface area contributed by atoms with Gasteiger partial charge in [-0.05, 0) is 18.4 Å². The maximum absolute atomic E-state index is 11.8. The number of hydrogen-bond acceptors (Lipinski definition) is 4. The van der Waals surface area contributed by atoms with Gasteiger partial charge in [-0.3, -0.25) is 4.79 Å². The van der Waals surface area contributed by atoms with E-state index < -0.39 is 0 Å². The number of hydrogen-bond donors (Lipinski definition) is 2. The number of amides is 1. The Labute approximate surface area is 100 Å².